The van der Waals surface area contributed by atoms with E-state index in [4.69, 9.17) is 0 Å². The van der Waals surface area contributed by atoms with Crippen molar-refractivity contribution in [3.05, 3.63) is 61.6 Å². The summed E-state index contributed by atoms with van der Waals surface area (Å²) >= 11 is 5.63. The van der Waals surface area contributed by atoms with Gasteiger partial charge in [-0.1, -0.05) is 28.1 Å². The Morgan fingerprint density at radius 3 is 2.68 bits per heavy atom. The zero-order valence-corrected chi connectivity index (χ0v) is 15.7. The molecule has 1 amide bonds. The van der Waals surface area contributed by atoms with Gasteiger partial charge in [0.2, 0.25) is 0 Å². The number of halogens is 2. The van der Waals surface area contributed by atoms with Gasteiger partial charge in [-0.05, 0) is 71.0 Å². The number of carbonyl (C=O) groups excluding carboxylic acids is 1. The van der Waals surface area contributed by atoms with Crippen molar-refractivity contribution in [3.8, 4) is 0 Å². The molecular weight excluding hydrogens is 457 g/mol. The minimum absolute atomic E-state index is 0.180. The van der Waals surface area contributed by atoms with Crippen LogP contribution in [0.15, 0.2) is 52.0 Å². The van der Waals surface area contributed by atoms with Crippen molar-refractivity contribution >= 4 is 56.3 Å². The first-order chi connectivity index (χ1) is 10.5. The minimum atomic E-state index is -0.189. The molecule has 0 spiro atoms. The summed E-state index contributed by atoms with van der Waals surface area (Å²) in [5.74, 6) is -0.189. The summed E-state index contributed by atoms with van der Waals surface area (Å²) in [4.78, 5) is 11.7. The Morgan fingerprint density at radius 2 is 2.00 bits per heavy atom. The van der Waals surface area contributed by atoms with E-state index >= 15 is 0 Å². The second kappa shape index (κ2) is 8.28. The summed E-state index contributed by atoms with van der Waals surface area (Å²) in [5.41, 5.74) is 5.48. The first-order valence-corrected chi connectivity index (χ1v) is 8.49. The third-order valence-corrected chi connectivity index (χ3v) is 4.10. The predicted octanol–water partition coefficient (Wildman–Crippen LogP) is 3.92. The zero-order chi connectivity index (χ0) is 15.9. The number of nitrogens with zero attached hydrogens (tertiary/aromatic N) is 1. The number of hydrazone groups is 1. The molecule has 2 N–H and O–H groups in total. The normalized spacial score (nSPS) is 10.7. The summed E-state index contributed by atoms with van der Waals surface area (Å²) in [7, 11) is 0. The fourth-order valence-corrected chi connectivity index (χ4v) is 2.68. The number of benzene rings is 2. The largest absolute Gasteiger partial charge is 0.376 e. The standard InChI is InChI=1S/C16H15BrIN3O/c1-11-8-14(18)6-7-15(11)19-10-16(22)21-20-9-12-2-4-13(17)5-3-12/h2-9,19H,10H2,1H3,(H,21,22)/b20-9-. The van der Waals surface area contributed by atoms with Crippen LogP contribution in [0.1, 0.15) is 11.1 Å². The quantitative estimate of drug-likeness (QED) is 0.394. The number of hydrogen-bond acceptors (Lipinski definition) is 3. The van der Waals surface area contributed by atoms with Crippen molar-refractivity contribution in [1.29, 1.82) is 0 Å². The average molecular weight is 472 g/mol. The van der Waals surface area contributed by atoms with E-state index < -0.39 is 0 Å². The maximum Gasteiger partial charge on any atom is 0.259 e. The van der Waals surface area contributed by atoms with Crippen LogP contribution in [0, 0.1) is 10.5 Å². The zero-order valence-electron chi connectivity index (χ0n) is 11.9. The fraction of sp³-hybridized carbons (Fsp3) is 0.125. The van der Waals surface area contributed by atoms with Crippen LogP contribution in [-0.2, 0) is 4.79 Å². The van der Waals surface area contributed by atoms with Crippen molar-refractivity contribution in [2.24, 2.45) is 5.10 Å². The second-order valence-electron chi connectivity index (χ2n) is 4.66. The number of nitrogens with one attached hydrogen (secondary N) is 2. The molecule has 2 aromatic carbocycles. The Balaban J connectivity index is 1.81. The molecule has 0 saturated heterocycles. The van der Waals surface area contributed by atoms with Gasteiger partial charge >= 0.3 is 0 Å². The van der Waals surface area contributed by atoms with Crippen LogP contribution >= 0.6 is 38.5 Å². The molecule has 0 unspecified atom stereocenters. The molecule has 0 heterocycles. The fourth-order valence-electron chi connectivity index (χ4n) is 1.77. The van der Waals surface area contributed by atoms with E-state index in [0.717, 1.165) is 21.3 Å². The van der Waals surface area contributed by atoms with Crippen LogP contribution < -0.4 is 10.7 Å². The van der Waals surface area contributed by atoms with Crippen LogP contribution in [0.4, 0.5) is 5.69 Å². The molecule has 114 valence electrons. The van der Waals surface area contributed by atoms with Gasteiger partial charge in [0.25, 0.3) is 5.91 Å². The molecule has 0 radical (unpaired) electrons. The number of anilines is 1. The molecular formula is C16H15BrIN3O. The van der Waals surface area contributed by atoms with E-state index in [1.165, 1.54) is 3.57 Å². The number of amides is 1. The predicted molar refractivity (Wildman–Crippen MR) is 102 cm³/mol. The van der Waals surface area contributed by atoms with E-state index in [-0.39, 0.29) is 12.5 Å². The SMILES string of the molecule is Cc1cc(I)ccc1NCC(=O)N/N=C\c1ccc(Br)cc1. The Morgan fingerprint density at radius 1 is 1.27 bits per heavy atom. The number of carbonyl (C=O) groups is 1. The van der Waals surface area contributed by atoms with Gasteiger partial charge in [0.05, 0.1) is 12.8 Å². The van der Waals surface area contributed by atoms with Crippen molar-refractivity contribution in [2.45, 2.75) is 6.92 Å². The Bertz CT molecular complexity index is 686. The minimum Gasteiger partial charge on any atom is -0.376 e. The van der Waals surface area contributed by atoms with Crippen molar-refractivity contribution in [2.75, 3.05) is 11.9 Å². The van der Waals surface area contributed by atoms with Gasteiger partial charge in [0.15, 0.2) is 0 Å². The van der Waals surface area contributed by atoms with Gasteiger partial charge in [0, 0.05) is 13.7 Å². The monoisotopic (exact) mass is 471 g/mol. The summed E-state index contributed by atoms with van der Waals surface area (Å²) in [6, 6.07) is 13.7. The maximum atomic E-state index is 11.7. The van der Waals surface area contributed by atoms with Crippen LogP contribution in [0.25, 0.3) is 0 Å². The van der Waals surface area contributed by atoms with Gasteiger partial charge in [-0.15, -0.1) is 0 Å². The molecule has 6 heteroatoms. The average Bonchev–Trinajstić information content (AvgIpc) is 2.48. The summed E-state index contributed by atoms with van der Waals surface area (Å²) in [5, 5.41) is 7.04. The highest BCUT2D eigenvalue weighted by atomic mass is 127. The summed E-state index contributed by atoms with van der Waals surface area (Å²) in [6.07, 6.45) is 1.61. The lowest BCUT2D eigenvalue weighted by Crippen LogP contribution is -2.26. The van der Waals surface area contributed by atoms with Crippen molar-refractivity contribution in [3.63, 3.8) is 0 Å². The van der Waals surface area contributed by atoms with E-state index in [0.29, 0.717) is 0 Å². The molecule has 2 rings (SSSR count). The van der Waals surface area contributed by atoms with Crippen molar-refractivity contribution in [1.82, 2.24) is 5.43 Å². The van der Waals surface area contributed by atoms with E-state index in [1.54, 1.807) is 6.21 Å². The molecule has 0 bridgehead atoms. The Labute approximate surface area is 151 Å². The van der Waals surface area contributed by atoms with Crippen LogP contribution in [0.3, 0.4) is 0 Å². The third-order valence-electron chi connectivity index (χ3n) is 2.90. The molecule has 4 nitrogen and oxygen atoms in total. The van der Waals surface area contributed by atoms with Gasteiger partial charge in [-0.3, -0.25) is 4.79 Å². The second-order valence-corrected chi connectivity index (χ2v) is 6.82. The molecule has 0 atom stereocenters. The molecule has 0 fully saturated rings. The van der Waals surface area contributed by atoms with Gasteiger partial charge in [0.1, 0.15) is 0 Å². The molecule has 0 aliphatic carbocycles. The first kappa shape index (κ1) is 17.0. The van der Waals surface area contributed by atoms with E-state index in [9.17, 15) is 4.79 Å². The summed E-state index contributed by atoms with van der Waals surface area (Å²) < 4.78 is 2.18. The van der Waals surface area contributed by atoms with E-state index in [1.807, 2.05) is 43.3 Å². The summed E-state index contributed by atoms with van der Waals surface area (Å²) in [6.45, 7) is 2.19. The smallest absolute Gasteiger partial charge is 0.259 e. The van der Waals surface area contributed by atoms with Crippen LogP contribution in [0.5, 0.6) is 0 Å². The molecule has 0 aliphatic heterocycles. The first-order valence-electron chi connectivity index (χ1n) is 6.62. The number of hydrogen-bond donors (Lipinski definition) is 2. The van der Waals surface area contributed by atoms with Gasteiger partial charge < -0.3 is 5.32 Å². The van der Waals surface area contributed by atoms with Crippen molar-refractivity contribution < 1.29 is 4.79 Å². The van der Waals surface area contributed by atoms with Crippen LogP contribution in [0.2, 0.25) is 0 Å². The topological polar surface area (TPSA) is 53.5 Å². The number of aryl methyl sites for hydroxylation is 1. The Kier molecular flexibility index (Phi) is 6.38. The van der Waals surface area contributed by atoms with E-state index in [2.05, 4.69) is 60.4 Å². The molecule has 2 aromatic rings. The molecule has 0 aromatic heterocycles. The highest BCUT2D eigenvalue weighted by molar-refractivity contribution is 14.1. The third kappa shape index (κ3) is 5.42. The highest BCUT2D eigenvalue weighted by Gasteiger charge is 2.02. The molecule has 0 saturated carbocycles. The molecule has 22 heavy (non-hydrogen) atoms. The van der Waals surface area contributed by atoms with Gasteiger partial charge in [-0.2, -0.15) is 5.10 Å². The highest BCUT2D eigenvalue weighted by Crippen LogP contribution is 2.17. The Hall–Kier alpha value is -1.41. The van der Waals surface area contributed by atoms with Crippen LogP contribution in [-0.4, -0.2) is 18.7 Å². The lowest BCUT2D eigenvalue weighted by Gasteiger charge is -2.08. The lowest BCUT2D eigenvalue weighted by molar-refractivity contribution is -0.119. The maximum absolute atomic E-state index is 11.7. The number of rotatable bonds is 5. The van der Waals surface area contributed by atoms with Gasteiger partial charge in [-0.25, -0.2) is 5.43 Å². The lowest BCUT2D eigenvalue weighted by atomic mass is 10.2. The molecule has 0 aliphatic rings.